The lowest BCUT2D eigenvalue weighted by Crippen LogP contribution is -2.27. The zero-order chi connectivity index (χ0) is 22.8. The van der Waals surface area contributed by atoms with E-state index in [0.29, 0.717) is 45.1 Å². The minimum atomic E-state index is -0.589. The first-order valence-electron chi connectivity index (χ1n) is 9.77. The van der Waals surface area contributed by atoms with Crippen LogP contribution in [0.5, 0.6) is 17.2 Å². The molecule has 0 bridgehead atoms. The van der Waals surface area contributed by atoms with Crippen molar-refractivity contribution in [1.29, 1.82) is 0 Å². The van der Waals surface area contributed by atoms with Crippen LogP contribution < -0.4 is 19.6 Å². The maximum atomic E-state index is 13.2. The second kappa shape index (κ2) is 8.71. The van der Waals surface area contributed by atoms with E-state index in [2.05, 4.69) is 0 Å². The predicted molar refractivity (Wildman–Crippen MR) is 117 cm³/mol. The fraction of sp³-hybridized carbons (Fsp3) is 0.333. The lowest BCUT2D eigenvalue weighted by Gasteiger charge is -2.19. The van der Waals surface area contributed by atoms with Gasteiger partial charge in [-0.2, -0.15) is 0 Å². The van der Waals surface area contributed by atoms with E-state index in [1.807, 2.05) is 0 Å². The molecule has 7 heteroatoms. The molecule has 2 aromatic carbocycles. The standard InChI is InChI=1S/C24H26O7/c1-14-22(15-7-10-18(27-5)20(11-15)28-6)23(26)17-9-8-16(12-19(17)30-14)29-13-21(25)31-24(2,3)4/h7-12H,13H2,1-6H3. The first-order valence-corrected chi connectivity index (χ1v) is 9.77. The SMILES string of the molecule is COc1ccc(-c2c(C)oc3cc(OCC(=O)OC(C)(C)C)ccc3c2=O)cc1OC. The summed E-state index contributed by atoms with van der Waals surface area (Å²) in [5, 5.41) is 0.403. The molecular formula is C24H26O7. The summed E-state index contributed by atoms with van der Waals surface area (Å²) >= 11 is 0. The number of esters is 1. The highest BCUT2D eigenvalue weighted by molar-refractivity contribution is 5.84. The summed E-state index contributed by atoms with van der Waals surface area (Å²) in [6.45, 7) is 6.84. The van der Waals surface area contributed by atoms with E-state index in [-0.39, 0.29) is 12.0 Å². The van der Waals surface area contributed by atoms with Crippen LogP contribution in [-0.2, 0) is 9.53 Å². The largest absolute Gasteiger partial charge is 0.493 e. The number of hydrogen-bond acceptors (Lipinski definition) is 7. The molecule has 0 unspecified atom stereocenters. The highest BCUT2D eigenvalue weighted by Gasteiger charge is 2.18. The van der Waals surface area contributed by atoms with E-state index < -0.39 is 11.6 Å². The molecule has 0 radical (unpaired) electrons. The second-order valence-corrected chi connectivity index (χ2v) is 7.97. The van der Waals surface area contributed by atoms with E-state index in [9.17, 15) is 9.59 Å². The minimum absolute atomic E-state index is 0.176. The van der Waals surface area contributed by atoms with Gasteiger partial charge in [0.1, 0.15) is 22.7 Å². The summed E-state index contributed by atoms with van der Waals surface area (Å²) in [5.74, 6) is 1.47. The van der Waals surface area contributed by atoms with E-state index in [1.165, 1.54) is 7.11 Å². The first kappa shape index (κ1) is 22.2. The predicted octanol–water partition coefficient (Wildman–Crippen LogP) is 4.51. The van der Waals surface area contributed by atoms with E-state index in [1.54, 1.807) is 71.2 Å². The molecule has 0 spiro atoms. The van der Waals surface area contributed by atoms with Gasteiger partial charge < -0.3 is 23.4 Å². The number of carbonyl (C=O) groups excluding carboxylic acids is 1. The zero-order valence-corrected chi connectivity index (χ0v) is 18.5. The van der Waals surface area contributed by atoms with Gasteiger partial charge in [0.15, 0.2) is 18.1 Å². The van der Waals surface area contributed by atoms with Crippen molar-refractivity contribution in [2.24, 2.45) is 0 Å². The fourth-order valence-corrected chi connectivity index (χ4v) is 3.21. The molecular weight excluding hydrogens is 400 g/mol. The monoisotopic (exact) mass is 426 g/mol. The highest BCUT2D eigenvalue weighted by Crippen LogP contribution is 2.33. The van der Waals surface area contributed by atoms with Crippen LogP contribution in [-0.4, -0.2) is 32.4 Å². The van der Waals surface area contributed by atoms with Crippen molar-refractivity contribution in [3.63, 3.8) is 0 Å². The van der Waals surface area contributed by atoms with Crippen LogP contribution in [0.2, 0.25) is 0 Å². The van der Waals surface area contributed by atoms with Crippen LogP contribution in [0.15, 0.2) is 45.6 Å². The zero-order valence-electron chi connectivity index (χ0n) is 18.5. The number of rotatable bonds is 6. The summed E-state index contributed by atoms with van der Waals surface area (Å²) in [6.07, 6.45) is 0. The number of carbonyl (C=O) groups is 1. The van der Waals surface area contributed by atoms with Gasteiger partial charge in [0, 0.05) is 6.07 Å². The summed E-state index contributed by atoms with van der Waals surface area (Å²) in [7, 11) is 3.09. The maximum absolute atomic E-state index is 13.2. The molecule has 0 atom stereocenters. The summed E-state index contributed by atoms with van der Waals surface area (Å²) in [5.41, 5.74) is 0.707. The third-order valence-electron chi connectivity index (χ3n) is 4.49. The molecule has 0 fully saturated rings. The van der Waals surface area contributed by atoms with Crippen LogP contribution in [0.3, 0.4) is 0 Å². The molecule has 31 heavy (non-hydrogen) atoms. The normalized spacial score (nSPS) is 11.3. The molecule has 3 aromatic rings. The topological polar surface area (TPSA) is 84.2 Å². The Balaban J connectivity index is 1.93. The molecule has 0 saturated carbocycles. The van der Waals surface area contributed by atoms with Crippen LogP contribution >= 0.6 is 0 Å². The van der Waals surface area contributed by atoms with Crippen LogP contribution in [0.25, 0.3) is 22.1 Å². The smallest absolute Gasteiger partial charge is 0.344 e. The minimum Gasteiger partial charge on any atom is -0.493 e. The number of ether oxygens (including phenoxy) is 4. The highest BCUT2D eigenvalue weighted by atomic mass is 16.6. The molecule has 3 rings (SSSR count). The number of fused-ring (bicyclic) bond motifs is 1. The van der Waals surface area contributed by atoms with Crippen molar-refractivity contribution in [3.05, 3.63) is 52.4 Å². The van der Waals surface area contributed by atoms with Gasteiger partial charge in [-0.25, -0.2) is 4.79 Å². The van der Waals surface area contributed by atoms with Crippen molar-refractivity contribution < 1.29 is 28.2 Å². The summed E-state index contributed by atoms with van der Waals surface area (Å²) in [6, 6.07) is 10.1. The Morgan fingerprint density at radius 1 is 1.00 bits per heavy atom. The number of methoxy groups -OCH3 is 2. The molecule has 164 valence electrons. The molecule has 1 heterocycles. The van der Waals surface area contributed by atoms with Crippen LogP contribution in [0.1, 0.15) is 26.5 Å². The summed E-state index contributed by atoms with van der Waals surface area (Å²) in [4.78, 5) is 25.1. The molecule has 1 aromatic heterocycles. The number of aryl methyl sites for hydroxylation is 1. The number of benzene rings is 2. The summed E-state index contributed by atoms with van der Waals surface area (Å²) < 4.78 is 27.3. The molecule has 0 N–H and O–H groups in total. The molecule has 0 aliphatic rings. The Morgan fingerprint density at radius 3 is 2.35 bits per heavy atom. The third-order valence-corrected chi connectivity index (χ3v) is 4.49. The molecule has 0 aliphatic heterocycles. The second-order valence-electron chi connectivity index (χ2n) is 7.97. The Morgan fingerprint density at radius 2 is 1.71 bits per heavy atom. The van der Waals surface area contributed by atoms with Gasteiger partial charge in [-0.15, -0.1) is 0 Å². The molecule has 0 saturated heterocycles. The lowest BCUT2D eigenvalue weighted by molar-refractivity contribution is -0.157. The quantitative estimate of drug-likeness (QED) is 0.536. The van der Waals surface area contributed by atoms with Gasteiger partial charge >= 0.3 is 5.97 Å². The molecule has 7 nitrogen and oxygen atoms in total. The van der Waals surface area contributed by atoms with Gasteiger partial charge in [0.25, 0.3) is 0 Å². The Labute approximate surface area is 180 Å². The maximum Gasteiger partial charge on any atom is 0.344 e. The third kappa shape index (κ3) is 4.99. The van der Waals surface area contributed by atoms with Crippen LogP contribution in [0, 0.1) is 6.92 Å². The van der Waals surface area contributed by atoms with E-state index >= 15 is 0 Å². The fourth-order valence-electron chi connectivity index (χ4n) is 3.21. The Hall–Kier alpha value is -3.48. The van der Waals surface area contributed by atoms with E-state index in [0.717, 1.165) is 0 Å². The average molecular weight is 426 g/mol. The molecule has 0 amide bonds. The number of hydrogen-bond donors (Lipinski definition) is 0. The van der Waals surface area contributed by atoms with Gasteiger partial charge in [-0.05, 0) is 57.5 Å². The van der Waals surface area contributed by atoms with Crippen molar-refractivity contribution in [2.75, 3.05) is 20.8 Å². The molecule has 0 aliphatic carbocycles. The van der Waals surface area contributed by atoms with Gasteiger partial charge in [-0.3, -0.25) is 4.79 Å². The van der Waals surface area contributed by atoms with Gasteiger partial charge in [0.05, 0.1) is 25.2 Å². The van der Waals surface area contributed by atoms with Crippen molar-refractivity contribution in [2.45, 2.75) is 33.3 Å². The average Bonchev–Trinajstić information content (AvgIpc) is 2.70. The van der Waals surface area contributed by atoms with Crippen molar-refractivity contribution in [3.8, 4) is 28.4 Å². The Bertz CT molecular complexity index is 1170. The van der Waals surface area contributed by atoms with Crippen molar-refractivity contribution in [1.82, 2.24) is 0 Å². The van der Waals surface area contributed by atoms with Gasteiger partial charge in [0.2, 0.25) is 5.43 Å². The first-order chi connectivity index (χ1) is 14.6. The van der Waals surface area contributed by atoms with Crippen LogP contribution in [0.4, 0.5) is 0 Å². The Kier molecular flexibility index (Phi) is 6.24. The van der Waals surface area contributed by atoms with Gasteiger partial charge in [-0.1, -0.05) is 6.07 Å². The van der Waals surface area contributed by atoms with Crippen molar-refractivity contribution >= 4 is 16.9 Å². The van der Waals surface area contributed by atoms with E-state index in [4.69, 9.17) is 23.4 Å². The lowest BCUT2D eigenvalue weighted by atomic mass is 10.0.